The molecule has 138 valence electrons. The molecule has 1 aromatic carbocycles. The van der Waals surface area contributed by atoms with Gasteiger partial charge in [-0.05, 0) is 17.7 Å². The quantitative estimate of drug-likeness (QED) is 0.501. The number of rotatable bonds is 6. The zero-order valence-electron chi connectivity index (χ0n) is 11.8. The molecular weight excluding hydrogens is 423 g/mol. The van der Waals surface area contributed by atoms with Gasteiger partial charge in [0.2, 0.25) is 0 Å². The molecule has 0 spiro atoms. The van der Waals surface area contributed by atoms with Crippen LogP contribution in [0, 0.1) is 0 Å². The van der Waals surface area contributed by atoms with Crippen LogP contribution in [0.5, 0.6) is 0 Å². The van der Waals surface area contributed by atoms with E-state index in [4.69, 9.17) is 0 Å². The van der Waals surface area contributed by atoms with E-state index in [-0.39, 0.29) is 5.56 Å². The largest absolute Gasteiger partial charge is 0.460 e. The Kier molecular flexibility index (Phi) is 5.92. The molecule has 0 amide bonds. The van der Waals surface area contributed by atoms with E-state index in [1.54, 1.807) is 0 Å². The standard InChI is InChI=1S/C13H10BrF9O/c1-24-9(7-2-4-8(14)5-3-7)6-10(15,16)11(17,18)12(19,20)13(21,22)23/h2-5,9H,6H2,1H3. The second-order valence-corrected chi connectivity index (χ2v) is 5.75. The third kappa shape index (κ3) is 3.81. The predicted octanol–water partition coefficient (Wildman–Crippen LogP) is 5.99. The van der Waals surface area contributed by atoms with Crippen molar-refractivity contribution in [1.29, 1.82) is 0 Å². The molecule has 0 N–H and O–H groups in total. The smallest absolute Gasteiger partial charge is 0.377 e. The van der Waals surface area contributed by atoms with Gasteiger partial charge in [-0.2, -0.15) is 39.5 Å². The van der Waals surface area contributed by atoms with Crippen molar-refractivity contribution in [3.8, 4) is 0 Å². The monoisotopic (exact) mass is 432 g/mol. The minimum absolute atomic E-state index is 0.0912. The van der Waals surface area contributed by atoms with Crippen molar-refractivity contribution in [3.05, 3.63) is 34.3 Å². The molecule has 0 aliphatic carbocycles. The average molecular weight is 433 g/mol. The number of halogens is 10. The Morgan fingerprint density at radius 2 is 1.33 bits per heavy atom. The highest BCUT2D eigenvalue weighted by molar-refractivity contribution is 9.10. The Labute approximate surface area is 138 Å². The molecule has 24 heavy (non-hydrogen) atoms. The van der Waals surface area contributed by atoms with Crippen molar-refractivity contribution < 1.29 is 44.3 Å². The molecule has 0 radical (unpaired) electrons. The van der Waals surface area contributed by atoms with Crippen LogP contribution in [0.4, 0.5) is 39.5 Å². The lowest BCUT2D eigenvalue weighted by molar-refractivity contribution is -0.398. The van der Waals surface area contributed by atoms with Crippen molar-refractivity contribution in [1.82, 2.24) is 0 Å². The molecule has 1 unspecified atom stereocenters. The first-order valence-electron chi connectivity index (χ1n) is 6.16. The molecule has 1 nitrogen and oxygen atoms in total. The van der Waals surface area contributed by atoms with Crippen LogP contribution < -0.4 is 0 Å². The van der Waals surface area contributed by atoms with Crippen LogP contribution in [-0.2, 0) is 4.74 Å². The second kappa shape index (κ2) is 6.74. The summed E-state index contributed by atoms with van der Waals surface area (Å²) in [6.45, 7) is 0. The number of benzene rings is 1. The molecule has 0 aromatic heterocycles. The zero-order valence-corrected chi connectivity index (χ0v) is 13.4. The number of hydrogen-bond donors (Lipinski definition) is 0. The van der Waals surface area contributed by atoms with Gasteiger partial charge in [0.15, 0.2) is 0 Å². The molecule has 0 aliphatic rings. The predicted molar refractivity (Wildman–Crippen MR) is 69.4 cm³/mol. The number of methoxy groups -OCH3 is 1. The maximum Gasteiger partial charge on any atom is 0.460 e. The van der Waals surface area contributed by atoms with Crippen LogP contribution in [0.2, 0.25) is 0 Å². The van der Waals surface area contributed by atoms with Gasteiger partial charge in [0, 0.05) is 18.0 Å². The van der Waals surface area contributed by atoms with Gasteiger partial charge in [0.1, 0.15) is 0 Å². The average Bonchev–Trinajstić information content (AvgIpc) is 2.44. The first-order chi connectivity index (χ1) is 10.7. The van der Waals surface area contributed by atoms with Crippen LogP contribution >= 0.6 is 15.9 Å². The maximum absolute atomic E-state index is 13.6. The lowest BCUT2D eigenvalue weighted by Crippen LogP contribution is -2.61. The van der Waals surface area contributed by atoms with Crippen LogP contribution in [0.1, 0.15) is 18.1 Å². The van der Waals surface area contributed by atoms with Gasteiger partial charge < -0.3 is 4.74 Å². The first kappa shape index (κ1) is 21.1. The van der Waals surface area contributed by atoms with Gasteiger partial charge >= 0.3 is 23.9 Å². The fourth-order valence-corrected chi connectivity index (χ4v) is 2.05. The van der Waals surface area contributed by atoms with Crippen LogP contribution in [0.3, 0.4) is 0 Å². The van der Waals surface area contributed by atoms with E-state index in [9.17, 15) is 39.5 Å². The topological polar surface area (TPSA) is 9.23 Å². The molecule has 1 atom stereocenters. The molecule has 0 saturated heterocycles. The van der Waals surface area contributed by atoms with Gasteiger partial charge in [-0.15, -0.1) is 0 Å². The number of hydrogen-bond acceptors (Lipinski definition) is 1. The van der Waals surface area contributed by atoms with Crippen molar-refractivity contribution >= 4 is 15.9 Å². The molecule has 0 bridgehead atoms. The second-order valence-electron chi connectivity index (χ2n) is 4.83. The van der Waals surface area contributed by atoms with Crippen molar-refractivity contribution in [2.45, 2.75) is 36.5 Å². The van der Waals surface area contributed by atoms with Gasteiger partial charge in [-0.25, -0.2) is 0 Å². The highest BCUT2D eigenvalue weighted by atomic mass is 79.9. The zero-order chi connectivity index (χ0) is 19.0. The number of ether oxygens (including phenoxy) is 1. The Morgan fingerprint density at radius 3 is 1.71 bits per heavy atom. The van der Waals surface area contributed by atoms with E-state index in [2.05, 4.69) is 20.7 Å². The molecule has 11 heteroatoms. The fourth-order valence-electron chi connectivity index (χ4n) is 1.78. The summed E-state index contributed by atoms with van der Waals surface area (Å²) in [4.78, 5) is 0. The fraction of sp³-hybridized carbons (Fsp3) is 0.538. The van der Waals surface area contributed by atoms with Crippen molar-refractivity contribution in [2.24, 2.45) is 0 Å². The van der Waals surface area contributed by atoms with Crippen molar-refractivity contribution in [2.75, 3.05) is 7.11 Å². The third-order valence-corrected chi connectivity index (χ3v) is 3.71. The lowest BCUT2D eigenvalue weighted by Gasteiger charge is -2.35. The Bertz CT molecular complexity index is 554. The summed E-state index contributed by atoms with van der Waals surface area (Å²) in [6.07, 6.45) is -10.7. The highest BCUT2D eigenvalue weighted by Gasteiger charge is 2.81. The lowest BCUT2D eigenvalue weighted by atomic mass is 9.95. The summed E-state index contributed by atoms with van der Waals surface area (Å²) in [5, 5.41) is 0. The first-order valence-corrected chi connectivity index (χ1v) is 6.95. The van der Waals surface area contributed by atoms with E-state index in [1.165, 1.54) is 24.3 Å². The van der Waals surface area contributed by atoms with E-state index in [0.717, 1.165) is 7.11 Å². The summed E-state index contributed by atoms with van der Waals surface area (Å²) in [7, 11) is 0.836. The normalized spacial score (nSPS) is 15.5. The summed E-state index contributed by atoms with van der Waals surface area (Å²) < 4.78 is 121. The van der Waals surface area contributed by atoms with Crippen LogP contribution in [0.25, 0.3) is 0 Å². The minimum atomic E-state index is -6.90. The summed E-state index contributed by atoms with van der Waals surface area (Å²) in [6, 6.07) is 5.02. The maximum atomic E-state index is 13.6. The number of alkyl halides is 9. The van der Waals surface area contributed by atoms with Crippen molar-refractivity contribution in [3.63, 3.8) is 0 Å². The van der Waals surface area contributed by atoms with Crippen LogP contribution in [0.15, 0.2) is 28.7 Å². The van der Waals surface area contributed by atoms with E-state index < -0.39 is 36.5 Å². The minimum Gasteiger partial charge on any atom is -0.377 e. The highest BCUT2D eigenvalue weighted by Crippen LogP contribution is 2.55. The van der Waals surface area contributed by atoms with Gasteiger partial charge in [0.05, 0.1) is 6.10 Å². The van der Waals surface area contributed by atoms with Crippen LogP contribution in [-0.4, -0.2) is 31.1 Å². The SMILES string of the molecule is COC(CC(F)(F)C(F)(F)C(F)(F)C(F)(F)F)c1ccc(Br)cc1. The van der Waals surface area contributed by atoms with E-state index in [0.29, 0.717) is 4.47 Å². The Balaban J connectivity index is 3.15. The van der Waals surface area contributed by atoms with E-state index in [1.807, 2.05) is 0 Å². The molecule has 0 heterocycles. The third-order valence-electron chi connectivity index (χ3n) is 3.18. The molecule has 1 aromatic rings. The molecule has 0 aliphatic heterocycles. The summed E-state index contributed by atoms with van der Waals surface area (Å²) >= 11 is 3.02. The molecule has 1 rings (SSSR count). The summed E-state index contributed by atoms with van der Waals surface area (Å²) in [5.74, 6) is -19.2. The van der Waals surface area contributed by atoms with Gasteiger partial charge in [-0.3, -0.25) is 0 Å². The molecule has 0 fully saturated rings. The molecule has 0 saturated carbocycles. The Morgan fingerprint density at radius 1 is 0.875 bits per heavy atom. The van der Waals surface area contributed by atoms with Gasteiger partial charge in [0.25, 0.3) is 0 Å². The summed E-state index contributed by atoms with van der Waals surface area (Å²) in [5.41, 5.74) is -0.0912. The molecular formula is C13H10BrF9O. The van der Waals surface area contributed by atoms with E-state index >= 15 is 0 Å². The van der Waals surface area contributed by atoms with Gasteiger partial charge in [-0.1, -0.05) is 28.1 Å². The Hall–Kier alpha value is -0.970.